The van der Waals surface area contributed by atoms with Crippen molar-refractivity contribution in [3.8, 4) is 11.5 Å². The van der Waals surface area contributed by atoms with Crippen LogP contribution in [0.1, 0.15) is 0 Å². The Kier molecular flexibility index (Phi) is 3.15. The van der Waals surface area contributed by atoms with Crippen LogP contribution in [0, 0.1) is 0 Å². The molecule has 18 heavy (non-hydrogen) atoms. The summed E-state index contributed by atoms with van der Waals surface area (Å²) in [6, 6.07) is 18.2. The van der Waals surface area contributed by atoms with E-state index in [2.05, 4.69) is 35.7 Å². The predicted octanol–water partition coefficient (Wildman–Crippen LogP) is 4.32. The Hall–Kier alpha value is -2.00. The van der Waals surface area contributed by atoms with Crippen molar-refractivity contribution in [3.63, 3.8) is 0 Å². The molecule has 2 aromatic carbocycles. The highest BCUT2D eigenvalue weighted by atomic mass is 32.1. The standard InChI is InChI=1S/C8H6S.C7H6O2/c1-2-4-8-7(3-1)5-6-9-8;1-2-4-7-6(3-1)8-5-9-7/h1-6H;1-4H,5H2. The van der Waals surface area contributed by atoms with E-state index in [-0.39, 0.29) is 0 Å². The highest BCUT2D eigenvalue weighted by Crippen LogP contribution is 2.30. The highest BCUT2D eigenvalue weighted by molar-refractivity contribution is 7.17. The molecular formula is C15H12O2S. The maximum Gasteiger partial charge on any atom is 0.231 e. The van der Waals surface area contributed by atoms with Gasteiger partial charge in [0.25, 0.3) is 0 Å². The monoisotopic (exact) mass is 256 g/mol. The fraction of sp³-hybridized carbons (Fsp3) is 0.0667. The van der Waals surface area contributed by atoms with Crippen molar-refractivity contribution in [2.24, 2.45) is 0 Å². The van der Waals surface area contributed by atoms with E-state index >= 15 is 0 Å². The first kappa shape index (κ1) is 11.1. The Labute approximate surface area is 109 Å². The van der Waals surface area contributed by atoms with Crippen LogP contribution < -0.4 is 9.47 Å². The molecule has 3 aromatic rings. The molecule has 0 saturated carbocycles. The Bertz CT molecular complexity index is 592. The topological polar surface area (TPSA) is 18.5 Å². The van der Waals surface area contributed by atoms with E-state index in [4.69, 9.17) is 9.47 Å². The first-order chi connectivity index (χ1) is 8.93. The summed E-state index contributed by atoms with van der Waals surface area (Å²) in [6.45, 7) is 0.360. The lowest BCUT2D eigenvalue weighted by Gasteiger charge is -1.89. The molecule has 0 atom stereocenters. The summed E-state index contributed by atoms with van der Waals surface area (Å²) in [5, 5.41) is 3.47. The second-order valence-electron chi connectivity index (χ2n) is 3.81. The van der Waals surface area contributed by atoms with Gasteiger partial charge < -0.3 is 9.47 Å². The molecule has 0 radical (unpaired) electrons. The van der Waals surface area contributed by atoms with Gasteiger partial charge in [-0.3, -0.25) is 0 Å². The minimum absolute atomic E-state index is 0.360. The van der Waals surface area contributed by atoms with Crippen molar-refractivity contribution in [2.75, 3.05) is 6.79 Å². The van der Waals surface area contributed by atoms with Crippen LogP contribution in [0.4, 0.5) is 0 Å². The molecule has 2 nitrogen and oxygen atoms in total. The molecule has 0 unspecified atom stereocenters. The lowest BCUT2D eigenvalue weighted by Crippen LogP contribution is -1.92. The van der Waals surface area contributed by atoms with Gasteiger partial charge in [0.2, 0.25) is 6.79 Å². The summed E-state index contributed by atoms with van der Waals surface area (Å²) < 4.78 is 11.5. The van der Waals surface area contributed by atoms with Gasteiger partial charge in [-0.2, -0.15) is 0 Å². The molecule has 1 aliphatic rings. The summed E-state index contributed by atoms with van der Waals surface area (Å²) >= 11 is 1.79. The third-order valence-electron chi connectivity index (χ3n) is 2.64. The number of thiophene rings is 1. The third-order valence-corrected chi connectivity index (χ3v) is 3.54. The number of benzene rings is 2. The summed E-state index contributed by atoms with van der Waals surface area (Å²) in [4.78, 5) is 0. The van der Waals surface area contributed by atoms with E-state index in [1.807, 2.05) is 24.3 Å². The number of ether oxygens (including phenoxy) is 2. The lowest BCUT2D eigenvalue weighted by atomic mass is 10.3. The highest BCUT2D eigenvalue weighted by Gasteiger charge is 2.09. The van der Waals surface area contributed by atoms with E-state index in [9.17, 15) is 0 Å². The molecule has 1 aromatic heterocycles. The molecule has 0 N–H and O–H groups in total. The Morgan fingerprint density at radius 1 is 0.778 bits per heavy atom. The van der Waals surface area contributed by atoms with Gasteiger partial charge in [0.05, 0.1) is 0 Å². The fourth-order valence-corrected chi connectivity index (χ4v) is 2.54. The zero-order valence-corrected chi connectivity index (χ0v) is 10.5. The van der Waals surface area contributed by atoms with Crippen molar-refractivity contribution >= 4 is 21.4 Å². The first-order valence-corrected chi connectivity index (χ1v) is 6.58. The number of hydrogen-bond donors (Lipinski definition) is 0. The number of hydrogen-bond acceptors (Lipinski definition) is 3. The van der Waals surface area contributed by atoms with Gasteiger partial charge in [0.15, 0.2) is 11.5 Å². The largest absolute Gasteiger partial charge is 0.454 e. The molecule has 0 spiro atoms. The molecule has 0 bridgehead atoms. The summed E-state index contributed by atoms with van der Waals surface area (Å²) in [5.74, 6) is 1.69. The van der Waals surface area contributed by atoms with Crippen LogP contribution in [0.3, 0.4) is 0 Å². The summed E-state index contributed by atoms with van der Waals surface area (Å²) in [7, 11) is 0. The Balaban J connectivity index is 0.000000111. The quantitative estimate of drug-likeness (QED) is 0.596. The molecular weight excluding hydrogens is 244 g/mol. The first-order valence-electron chi connectivity index (χ1n) is 5.70. The van der Waals surface area contributed by atoms with Gasteiger partial charge in [-0.15, -0.1) is 11.3 Å². The average Bonchev–Trinajstić information content (AvgIpc) is 3.08. The summed E-state index contributed by atoms with van der Waals surface area (Å²) in [6.07, 6.45) is 0. The maximum atomic E-state index is 5.08. The molecule has 1 aliphatic heterocycles. The Morgan fingerprint density at radius 2 is 1.44 bits per heavy atom. The molecule has 0 fully saturated rings. The van der Waals surface area contributed by atoms with Crippen LogP contribution in [-0.4, -0.2) is 6.79 Å². The maximum absolute atomic E-state index is 5.08. The molecule has 2 heterocycles. The van der Waals surface area contributed by atoms with Crippen LogP contribution >= 0.6 is 11.3 Å². The van der Waals surface area contributed by atoms with Gasteiger partial charge in [-0.05, 0) is 35.0 Å². The normalized spacial score (nSPS) is 12.0. The number of rotatable bonds is 0. The second kappa shape index (κ2) is 5.10. The fourth-order valence-electron chi connectivity index (χ4n) is 1.75. The van der Waals surface area contributed by atoms with E-state index in [0.29, 0.717) is 6.79 Å². The van der Waals surface area contributed by atoms with Crippen LogP contribution in [0.15, 0.2) is 60.0 Å². The van der Waals surface area contributed by atoms with Gasteiger partial charge in [0.1, 0.15) is 0 Å². The van der Waals surface area contributed by atoms with Crippen LogP contribution in [-0.2, 0) is 0 Å². The number of para-hydroxylation sites is 2. The zero-order chi connectivity index (χ0) is 12.2. The SMILES string of the molecule is c1ccc2c(c1)OCO2.c1ccc2sccc2c1. The van der Waals surface area contributed by atoms with E-state index in [1.54, 1.807) is 11.3 Å². The second-order valence-corrected chi connectivity index (χ2v) is 4.76. The van der Waals surface area contributed by atoms with Crippen molar-refractivity contribution < 1.29 is 9.47 Å². The molecule has 0 aliphatic carbocycles. The van der Waals surface area contributed by atoms with Crippen molar-refractivity contribution in [1.82, 2.24) is 0 Å². The van der Waals surface area contributed by atoms with Crippen LogP contribution in [0.2, 0.25) is 0 Å². The number of fused-ring (bicyclic) bond motifs is 2. The summed E-state index contributed by atoms with van der Waals surface area (Å²) in [5.41, 5.74) is 0. The average molecular weight is 256 g/mol. The minimum atomic E-state index is 0.360. The van der Waals surface area contributed by atoms with Gasteiger partial charge in [0, 0.05) is 4.70 Å². The molecule has 0 amide bonds. The van der Waals surface area contributed by atoms with Gasteiger partial charge >= 0.3 is 0 Å². The minimum Gasteiger partial charge on any atom is -0.454 e. The van der Waals surface area contributed by atoms with Crippen molar-refractivity contribution in [3.05, 3.63) is 60.0 Å². The molecule has 90 valence electrons. The molecule has 4 rings (SSSR count). The predicted molar refractivity (Wildman–Crippen MR) is 74.4 cm³/mol. The van der Waals surface area contributed by atoms with E-state index in [0.717, 1.165) is 11.5 Å². The van der Waals surface area contributed by atoms with E-state index in [1.165, 1.54) is 10.1 Å². The Morgan fingerprint density at radius 3 is 2.17 bits per heavy atom. The van der Waals surface area contributed by atoms with Gasteiger partial charge in [-0.1, -0.05) is 30.3 Å². The van der Waals surface area contributed by atoms with Crippen molar-refractivity contribution in [1.29, 1.82) is 0 Å². The van der Waals surface area contributed by atoms with E-state index < -0.39 is 0 Å². The zero-order valence-electron chi connectivity index (χ0n) is 9.71. The lowest BCUT2D eigenvalue weighted by molar-refractivity contribution is 0.174. The van der Waals surface area contributed by atoms with Gasteiger partial charge in [-0.25, -0.2) is 0 Å². The molecule has 0 saturated heterocycles. The molecule has 3 heteroatoms. The van der Waals surface area contributed by atoms with Crippen molar-refractivity contribution in [2.45, 2.75) is 0 Å². The van der Waals surface area contributed by atoms with Crippen LogP contribution in [0.5, 0.6) is 11.5 Å². The van der Waals surface area contributed by atoms with Crippen LogP contribution in [0.25, 0.3) is 10.1 Å². The smallest absolute Gasteiger partial charge is 0.231 e. The third kappa shape index (κ3) is 2.31.